The van der Waals surface area contributed by atoms with Crippen LogP contribution in [0.25, 0.3) is 0 Å². The molecule has 1 N–H and O–H groups in total. The highest BCUT2D eigenvalue weighted by atomic mass is 32.2. The average Bonchev–Trinajstić information content (AvgIpc) is 2.18. The Hall–Kier alpha value is -0.170. The van der Waals surface area contributed by atoms with E-state index < -0.39 is 10.1 Å². The summed E-state index contributed by atoms with van der Waals surface area (Å²) in [5, 5.41) is 0. The van der Waals surface area contributed by atoms with Crippen molar-refractivity contribution in [2.24, 2.45) is 0 Å². The Balaban J connectivity index is 3.63. The fraction of sp³-hybridized carbons (Fsp3) is 1.00. The first kappa shape index (κ1) is 16.8. The van der Waals surface area contributed by atoms with Crippen molar-refractivity contribution >= 4 is 10.1 Å². The van der Waals surface area contributed by atoms with Crippen molar-refractivity contribution in [2.45, 2.75) is 39.0 Å². The molecule has 17 heavy (non-hydrogen) atoms. The van der Waals surface area contributed by atoms with Crippen LogP contribution in [0.4, 0.5) is 0 Å². The molecule has 0 heterocycles. The van der Waals surface area contributed by atoms with E-state index in [-0.39, 0.29) is 5.75 Å². The van der Waals surface area contributed by atoms with E-state index in [0.717, 1.165) is 26.0 Å². The maximum Gasteiger partial charge on any atom is 0.264 e. The smallest absolute Gasteiger partial charge is 0.264 e. The van der Waals surface area contributed by atoms with Crippen LogP contribution < -0.4 is 0 Å². The van der Waals surface area contributed by atoms with E-state index in [2.05, 4.69) is 6.92 Å². The van der Waals surface area contributed by atoms with Gasteiger partial charge in [0, 0.05) is 6.42 Å². The normalized spacial score (nSPS) is 12.9. The molecule has 0 radical (unpaired) electrons. The van der Waals surface area contributed by atoms with Crippen LogP contribution in [0.15, 0.2) is 0 Å². The first-order chi connectivity index (χ1) is 7.77. The Labute approximate surface area is 105 Å². The van der Waals surface area contributed by atoms with Gasteiger partial charge in [-0.25, -0.2) is 4.84 Å². The van der Waals surface area contributed by atoms with Crippen molar-refractivity contribution in [1.82, 2.24) is 0 Å². The molecular formula is C11H26NO4S+. The molecule has 104 valence electrons. The molecule has 0 spiro atoms. The zero-order valence-corrected chi connectivity index (χ0v) is 12.0. The van der Waals surface area contributed by atoms with Crippen LogP contribution in [-0.2, 0) is 15.0 Å². The van der Waals surface area contributed by atoms with E-state index >= 15 is 0 Å². The summed E-state index contributed by atoms with van der Waals surface area (Å²) in [7, 11) is 0.102. The van der Waals surface area contributed by atoms with E-state index in [4.69, 9.17) is 9.39 Å². The molecule has 0 atom stereocenters. The summed E-state index contributed by atoms with van der Waals surface area (Å²) in [5.41, 5.74) is 0. The van der Waals surface area contributed by atoms with Gasteiger partial charge in [0.15, 0.2) is 0 Å². The van der Waals surface area contributed by atoms with Gasteiger partial charge in [-0.15, -0.1) is 0 Å². The lowest BCUT2D eigenvalue weighted by atomic mass is 10.3. The third-order valence-corrected chi connectivity index (χ3v) is 3.34. The van der Waals surface area contributed by atoms with Crippen LogP contribution >= 0.6 is 0 Å². The number of hydrogen-bond donors (Lipinski definition) is 1. The monoisotopic (exact) mass is 268 g/mol. The number of quaternary nitrogens is 1. The standard InChI is InChI=1S/C11H25NO4S/c1-4-5-7-10-16-12(2,3)9-6-8-11-17(13,14)15/h4-11H2,1-3H3/p+1. The Kier molecular flexibility index (Phi) is 7.94. The molecular weight excluding hydrogens is 242 g/mol. The van der Waals surface area contributed by atoms with Gasteiger partial charge < -0.3 is 0 Å². The van der Waals surface area contributed by atoms with Gasteiger partial charge >= 0.3 is 0 Å². The second kappa shape index (κ2) is 8.02. The number of rotatable bonds is 10. The van der Waals surface area contributed by atoms with Crippen LogP contribution in [-0.4, -0.2) is 50.6 Å². The van der Waals surface area contributed by atoms with Gasteiger partial charge in [0.05, 0.1) is 19.8 Å². The molecule has 0 saturated carbocycles. The Morgan fingerprint density at radius 1 is 1.12 bits per heavy atom. The average molecular weight is 268 g/mol. The second-order valence-corrected chi connectivity index (χ2v) is 6.40. The van der Waals surface area contributed by atoms with Crippen molar-refractivity contribution in [3.63, 3.8) is 0 Å². The fourth-order valence-electron chi connectivity index (χ4n) is 1.51. The van der Waals surface area contributed by atoms with Crippen LogP contribution in [0.1, 0.15) is 39.0 Å². The molecule has 0 aliphatic heterocycles. The lowest BCUT2D eigenvalue weighted by molar-refractivity contribution is -1.08. The molecule has 5 nitrogen and oxygen atoms in total. The molecule has 0 aromatic rings. The van der Waals surface area contributed by atoms with Gasteiger partial charge in [0.2, 0.25) is 0 Å². The molecule has 0 aliphatic rings. The fourth-order valence-corrected chi connectivity index (χ4v) is 2.07. The molecule has 0 rings (SSSR count). The predicted molar refractivity (Wildman–Crippen MR) is 68.1 cm³/mol. The van der Waals surface area contributed by atoms with Gasteiger partial charge in [0.1, 0.15) is 13.2 Å². The number of hydroxylamine groups is 3. The number of hydrogen-bond acceptors (Lipinski definition) is 3. The van der Waals surface area contributed by atoms with E-state index in [1.807, 2.05) is 14.1 Å². The minimum absolute atomic E-state index is 0.164. The molecule has 0 aromatic heterocycles. The summed E-state index contributed by atoms with van der Waals surface area (Å²) in [6, 6.07) is 0. The van der Waals surface area contributed by atoms with Crippen LogP contribution in [0.5, 0.6) is 0 Å². The van der Waals surface area contributed by atoms with E-state index in [9.17, 15) is 8.42 Å². The number of nitrogens with zero attached hydrogens (tertiary/aromatic N) is 1. The first-order valence-electron chi connectivity index (χ1n) is 6.19. The largest absolute Gasteiger partial charge is 0.286 e. The van der Waals surface area contributed by atoms with Gasteiger partial charge in [-0.2, -0.15) is 13.1 Å². The van der Waals surface area contributed by atoms with E-state index in [0.29, 0.717) is 11.1 Å². The molecule has 0 saturated heterocycles. The van der Waals surface area contributed by atoms with Crippen LogP contribution in [0.2, 0.25) is 0 Å². The molecule has 0 aromatic carbocycles. The highest BCUT2D eigenvalue weighted by Gasteiger charge is 2.16. The summed E-state index contributed by atoms with van der Waals surface area (Å²) in [6.07, 6.45) is 4.59. The second-order valence-electron chi connectivity index (χ2n) is 4.83. The third kappa shape index (κ3) is 12.1. The molecule has 0 fully saturated rings. The molecule has 0 bridgehead atoms. The summed E-state index contributed by atoms with van der Waals surface area (Å²) >= 11 is 0. The van der Waals surface area contributed by atoms with Crippen molar-refractivity contribution in [2.75, 3.05) is 33.0 Å². The molecule has 6 heteroatoms. The third-order valence-electron chi connectivity index (χ3n) is 2.54. The minimum atomic E-state index is -3.81. The Morgan fingerprint density at radius 2 is 1.76 bits per heavy atom. The van der Waals surface area contributed by atoms with Gasteiger partial charge in [-0.3, -0.25) is 4.55 Å². The molecule has 0 amide bonds. The van der Waals surface area contributed by atoms with Gasteiger partial charge in [-0.1, -0.05) is 19.8 Å². The number of unbranched alkanes of at least 4 members (excludes halogenated alkanes) is 3. The zero-order valence-electron chi connectivity index (χ0n) is 11.2. The first-order valence-corrected chi connectivity index (χ1v) is 7.80. The zero-order chi connectivity index (χ0) is 13.4. The highest BCUT2D eigenvalue weighted by molar-refractivity contribution is 7.85. The summed E-state index contributed by atoms with van der Waals surface area (Å²) in [5.74, 6) is -0.164. The van der Waals surface area contributed by atoms with Crippen molar-refractivity contribution < 1.29 is 22.5 Å². The Morgan fingerprint density at radius 3 is 2.29 bits per heavy atom. The molecule has 0 unspecified atom stereocenters. The van der Waals surface area contributed by atoms with Crippen molar-refractivity contribution in [3.05, 3.63) is 0 Å². The summed E-state index contributed by atoms with van der Waals surface area (Å²) in [4.78, 5) is 5.69. The van der Waals surface area contributed by atoms with Crippen LogP contribution in [0, 0.1) is 0 Å². The quantitative estimate of drug-likeness (QED) is 0.284. The van der Waals surface area contributed by atoms with Crippen molar-refractivity contribution in [1.29, 1.82) is 0 Å². The summed E-state index contributed by atoms with van der Waals surface area (Å²) in [6.45, 7) is 3.64. The lowest BCUT2D eigenvalue weighted by Gasteiger charge is -2.26. The van der Waals surface area contributed by atoms with Gasteiger partial charge in [-0.05, 0) is 12.8 Å². The predicted octanol–water partition coefficient (Wildman–Crippen LogP) is 1.85. The lowest BCUT2D eigenvalue weighted by Crippen LogP contribution is -2.40. The van der Waals surface area contributed by atoms with Crippen molar-refractivity contribution in [3.8, 4) is 0 Å². The van der Waals surface area contributed by atoms with Crippen LogP contribution in [0.3, 0.4) is 0 Å². The maximum atomic E-state index is 10.5. The SMILES string of the molecule is CCCCCO[N+](C)(C)CCCCS(=O)(=O)O. The topological polar surface area (TPSA) is 63.6 Å². The van der Waals surface area contributed by atoms with Gasteiger partial charge in [0.25, 0.3) is 10.1 Å². The molecule has 0 aliphatic carbocycles. The minimum Gasteiger partial charge on any atom is -0.286 e. The summed E-state index contributed by atoms with van der Waals surface area (Å²) < 4.78 is 30.1. The van der Waals surface area contributed by atoms with E-state index in [1.54, 1.807) is 0 Å². The maximum absolute atomic E-state index is 10.5. The highest BCUT2D eigenvalue weighted by Crippen LogP contribution is 2.06. The van der Waals surface area contributed by atoms with E-state index in [1.165, 1.54) is 12.8 Å². The Bertz CT molecular complexity index is 288.